The van der Waals surface area contributed by atoms with Gasteiger partial charge in [0.15, 0.2) is 0 Å². The lowest BCUT2D eigenvalue weighted by Crippen LogP contribution is -2.32. The topological polar surface area (TPSA) is 20.3 Å². The van der Waals surface area contributed by atoms with Gasteiger partial charge in [0.05, 0.1) is 6.54 Å². The minimum atomic E-state index is 0.0594. The highest BCUT2D eigenvalue weighted by Gasteiger charge is 2.33. The summed E-state index contributed by atoms with van der Waals surface area (Å²) >= 11 is 11.1. The lowest BCUT2D eigenvalue weighted by Gasteiger charge is -2.22. The van der Waals surface area contributed by atoms with Crippen LogP contribution in [0, 0.1) is 0 Å². The molecule has 20 heavy (non-hydrogen) atoms. The van der Waals surface area contributed by atoms with Gasteiger partial charge in [-0.1, -0.05) is 33.6 Å². The van der Waals surface area contributed by atoms with Crippen LogP contribution in [-0.2, 0) is 6.54 Å². The molecule has 1 amide bonds. The molecule has 1 aromatic carbocycles. The van der Waals surface area contributed by atoms with Gasteiger partial charge in [-0.2, -0.15) is 0 Å². The second-order valence-corrected chi connectivity index (χ2v) is 7.29. The zero-order chi connectivity index (χ0) is 14.1. The van der Waals surface area contributed by atoms with Crippen LogP contribution < -0.4 is 0 Å². The Morgan fingerprint density at radius 1 is 1.40 bits per heavy atom. The monoisotopic (exact) mass is 369 g/mol. The lowest BCUT2D eigenvalue weighted by atomic mass is 10.2. The molecule has 1 aliphatic rings. The number of halogens is 2. The number of hydrogen-bond acceptors (Lipinski definition) is 2. The highest BCUT2D eigenvalue weighted by atomic mass is 79.9. The van der Waals surface area contributed by atoms with Crippen LogP contribution in [0.5, 0.6) is 0 Å². The first-order chi connectivity index (χ1) is 9.63. The number of carbonyl (C=O) groups is 1. The summed E-state index contributed by atoms with van der Waals surface area (Å²) in [5.74, 6) is 0.0594. The van der Waals surface area contributed by atoms with Crippen molar-refractivity contribution in [3.63, 3.8) is 0 Å². The number of carbonyl (C=O) groups excluding carboxylic acids is 1. The van der Waals surface area contributed by atoms with Crippen molar-refractivity contribution in [3.05, 3.63) is 55.6 Å². The molecule has 0 bridgehead atoms. The van der Waals surface area contributed by atoms with Crippen molar-refractivity contribution in [1.29, 1.82) is 0 Å². The second-order valence-electron chi connectivity index (χ2n) is 4.90. The Hall–Kier alpha value is -0.840. The van der Waals surface area contributed by atoms with E-state index in [2.05, 4.69) is 22.0 Å². The first kappa shape index (κ1) is 14.1. The molecule has 1 aromatic heterocycles. The van der Waals surface area contributed by atoms with E-state index >= 15 is 0 Å². The molecule has 0 atom stereocenters. The SMILES string of the molecule is O=C(c1cc(Cl)cc(Br)c1)N(Cc1cccs1)C1CC1. The van der Waals surface area contributed by atoms with E-state index in [1.807, 2.05) is 22.4 Å². The van der Waals surface area contributed by atoms with Crippen LogP contribution in [0.25, 0.3) is 0 Å². The van der Waals surface area contributed by atoms with Gasteiger partial charge in [-0.05, 0) is 42.5 Å². The van der Waals surface area contributed by atoms with E-state index in [0.717, 1.165) is 17.3 Å². The quantitative estimate of drug-likeness (QED) is 0.744. The zero-order valence-corrected chi connectivity index (χ0v) is 13.8. The molecular formula is C15H13BrClNOS. The fraction of sp³-hybridized carbons (Fsp3) is 0.267. The van der Waals surface area contributed by atoms with Crippen LogP contribution >= 0.6 is 38.9 Å². The number of hydrogen-bond donors (Lipinski definition) is 0. The molecule has 5 heteroatoms. The summed E-state index contributed by atoms with van der Waals surface area (Å²) in [6, 6.07) is 9.82. The van der Waals surface area contributed by atoms with Gasteiger partial charge >= 0.3 is 0 Å². The first-order valence-electron chi connectivity index (χ1n) is 6.43. The molecule has 0 saturated heterocycles. The van der Waals surface area contributed by atoms with Crippen LogP contribution in [0.3, 0.4) is 0 Å². The van der Waals surface area contributed by atoms with Crippen molar-refractivity contribution in [3.8, 4) is 0 Å². The van der Waals surface area contributed by atoms with Crippen molar-refractivity contribution in [2.45, 2.75) is 25.4 Å². The van der Waals surface area contributed by atoms with Gasteiger partial charge in [-0.25, -0.2) is 0 Å². The van der Waals surface area contributed by atoms with Gasteiger partial charge in [0.1, 0.15) is 0 Å². The Morgan fingerprint density at radius 3 is 2.80 bits per heavy atom. The van der Waals surface area contributed by atoms with Crippen molar-refractivity contribution < 1.29 is 4.79 Å². The van der Waals surface area contributed by atoms with Gasteiger partial charge in [-0.3, -0.25) is 4.79 Å². The fourth-order valence-electron chi connectivity index (χ4n) is 2.17. The molecule has 0 radical (unpaired) electrons. The van der Waals surface area contributed by atoms with Crippen molar-refractivity contribution in [1.82, 2.24) is 4.90 Å². The van der Waals surface area contributed by atoms with Gasteiger partial charge in [0.2, 0.25) is 0 Å². The summed E-state index contributed by atoms with van der Waals surface area (Å²) in [6.07, 6.45) is 2.19. The average molecular weight is 371 g/mol. The van der Waals surface area contributed by atoms with Crippen molar-refractivity contribution in [2.75, 3.05) is 0 Å². The van der Waals surface area contributed by atoms with Crippen LogP contribution in [0.2, 0.25) is 5.02 Å². The van der Waals surface area contributed by atoms with E-state index in [9.17, 15) is 4.79 Å². The molecular weight excluding hydrogens is 358 g/mol. The third kappa shape index (κ3) is 3.25. The van der Waals surface area contributed by atoms with Crippen molar-refractivity contribution >= 4 is 44.8 Å². The van der Waals surface area contributed by atoms with Gasteiger partial charge in [0.25, 0.3) is 5.91 Å². The zero-order valence-electron chi connectivity index (χ0n) is 10.7. The Balaban J connectivity index is 1.85. The second kappa shape index (κ2) is 5.88. The Kier molecular flexibility index (Phi) is 4.15. The molecule has 2 aromatic rings. The molecule has 2 nitrogen and oxygen atoms in total. The van der Waals surface area contributed by atoms with Crippen LogP contribution in [0.1, 0.15) is 28.1 Å². The normalized spacial score (nSPS) is 14.3. The van der Waals surface area contributed by atoms with Crippen LogP contribution in [-0.4, -0.2) is 16.8 Å². The number of rotatable bonds is 4. The molecule has 1 saturated carbocycles. The summed E-state index contributed by atoms with van der Waals surface area (Å²) in [6.45, 7) is 0.686. The third-order valence-electron chi connectivity index (χ3n) is 3.26. The molecule has 1 aliphatic carbocycles. The van der Waals surface area contributed by atoms with Crippen LogP contribution in [0.4, 0.5) is 0 Å². The molecule has 0 N–H and O–H groups in total. The maximum atomic E-state index is 12.7. The molecule has 1 heterocycles. The third-order valence-corrected chi connectivity index (χ3v) is 4.80. The van der Waals surface area contributed by atoms with Gasteiger partial charge in [0, 0.05) is 26.0 Å². The Morgan fingerprint density at radius 2 is 2.20 bits per heavy atom. The number of amides is 1. The predicted octanol–water partition coefficient (Wildman–Crippen LogP) is 4.97. The maximum absolute atomic E-state index is 12.7. The average Bonchev–Trinajstić information content (AvgIpc) is 3.11. The van der Waals surface area contributed by atoms with E-state index in [-0.39, 0.29) is 5.91 Å². The Labute approximate surface area is 135 Å². The summed E-state index contributed by atoms with van der Waals surface area (Å²) in [7, 11) is 0. The molecule has 0 aliphatic heterocycles. The highest BCUT2D eigenvalue weighted by Crippen LogP contribution is 2.31. The van der Waals surface area contributed by atoms with Crippen LogP contribution in [0.15, 0.2) is 40.2 Å². The summed E-state index contributed by atoms with van der Waals surface area (Å²) in [4.78, 5) is 15.9. The number of benzene rings is 1. The molecule has 3 rings (SSSR count). The van der Waals surface area contributed by atoms with E-state index in [0.29, 0.717) is 23.2 Å². The molecule has 104 valence electrons. The largest absolute Gasteiger partial charge is 0.331 e. The fourth-order valence-corrected chi connectivity index (χ4v) is 3.73. The lowest BCUT2D eigenvalue weighted by molar-refractivity contribution is 0.0731. The number of nitrogens with zero attached hydrogens (tertiary/aromatic N) is 1. The van der Waals surface area contributed by atoms with E-state index < -0.39 is 0 Å². The van der Waals surface area contributed by atoms with E-state index in [1.54, 1.807) is 23.5 Å². The predicted molar refractivity (Wildman–Crippen MR) is 86.4 cm³/mol. The molecule has 0 spiro atoms. The smallest absolute Gasteiger partial charge is 0.254 e. The highest BCUT2D eigenvalue weighted by molar-refractivity contribution is 9.10. The maximum Gasteiger partial charge on any atom is 0.254 e. The van der Waals surface area contributed by atoms with Gasteiger partial charge < -0.3 is 4.90 Å². The standard InChI is InChI=1S/C15H13BrClNOS/c16-11-6-10(7-12(17)8-11)15(19)18(13-3-4-13)9-14-2-1-5-20-14/h1-2,5-8,13H,3-4,9H2. The van der Waals surface area contributed by atoms with E-state index in [4.69, 9.17) is 11.6 Å². The molecule has 1 fully saturated rings. The Bertz CT molecular complexity index is 605. The van der Waals surface area contributed by atoms with Gasteiger partial charge in [-0.15, -0.1) is 11.3 Å². The molecule has 0 unspecified atom stereocenters. The number of thiophene rings is 1. The minimum absolute atomic E-state index is 0.0594. The summed E-state index contributed by atoms with van der Waals surface area (Å²) in [5, 5.41) is 2.62. The van der Waals surface area contributed by atoms with E-state index in [1.165, 1.54) is 4.88 Å². The summed E-state index contributed by atoms with van der Waals surface area (Å²) < 4.78 is 0.834. The minimum Gasteiger partial charge on any atom is -0.331 e. The van der Waals surface area contributed by atoms with Crippen molar-refractivity contribution in [2.24, 2.45) is 0 Å². The first-order valence-corrected chi connectivity index (χ1v) is 8.48. The summed E-state index contributed by atoms with van der Waals surface area (Å²) in [5.41, 5.74) is 0.646.